The Morgan fingerprint density at radius 3 is 1.15 bits per heavy atom. The van der Waals surface area contributed by atoms with E-state index in [1.165, 1.54) is 62.5 Å². The van der Waals surface area contributed by atoms with Crippen LogP contribution in [-0.2, 0) is 0 Å². The van der Waals surface area contributed by atoms with Crippen LogP contribution in [-0.4, -0.2) is 6.71 Å². The first kappa shape index (κ1) is 41.1. The zero-order valence-corrected chi connectivity index (χ0v) is 35.4. The molecule has 10 unspecified atom stereocenters. The third-order valence-electron chi connectivity index (χ3n) is 13.8. The van der Waals surface area contributed by atoms with E-state index >= 15 is 0 Å². The van der Waals surface area contributed by atoms with Crippen LogP contribution in [0.15, 0.2) is 133 Å². The number of hydrogen-bond acceptors (Lipinski definition) is 0. The number of fused-ring (bicyclic) bond motifs is 2. The summed E-state index contributed by atoms with van der Waals surface area (Å²) in [6.45, 7) is 17.6. The summed E-state index contributed by atoms with van der Waals surface area (Å²) in [4.78, 5) is 0. The standard InChI is InChI=1S/C33H45B.C16H14.C5H12/c1-22-20-30-26(24-12-6-4-7-13-24)16-10-18-28(30)32(22)34(3)33-23(2)21-31-27(17-11-19-29(31)33)25-14-8-5-9-15-25;1-3-9-15(10-4-1)13-7-8-14-16-11-5-2-6-12-16;1-5(2,3)4/h4-9,12-15,22-23,26-33H,10-11,16-21H2,1-3H3;1-14H;1-4H3/b;13-7+,14-8+;. The lowest BCUT2D eigenvalue weighted by molar-refractivity contribution is 0.228. The van der Waals surface area contributed by atoms with Crippen LogP contribution in [0.2, 0.25) is 18.5 Å². The Bertz CT molecular complexity index is 1600. The Morgan fingerprint density at radius 1 is 0.473 bits per heavy atom. The minimum absolute atomic E-state index is 0.500. The molecule has 0 saturated heterocycles. The second-order valence-electron chi connectivity index (χ2n) is 19.5. The van der Waals surface area contributed by atoms with Gasteiger partial charge < -0.3 is 0 Å². The SMILES string of the molecule is C(/C=C/c1ccccc1)=C\c1ccccc1.CB(C1C(C)CC2C(c3ccccc3)CCCC21)C1C(C)CC2C(c3ccccc3)CCCC21.CC(C)(C)C. The largest absolute Gasteiger partial charge is 0.144 e. The van der Waals surface area contributed by atoms with Gasteiger partial charge in [-0.2, -0.15) is 0 Å². The molecule has 1 heteroatoms. The molecule has 4 aliphatic rings. The first-order valence-electron chi connectivity index (χ1n) is 22.1. The van der Waals surface area contributed by atoms with Crippen LogP contribution in [0.1, 0.15) is 127 Å². The van der Waals surface area contributed by atoms with Gasteiger partial charge in [0.1, 0.15) is 6.71 Å². The van der Waals surface area contributed by atoms with Gasteiger partial charge in [-0.05, 0) is 101 Å². The van der Waals surface area contributed by atoms with Gasteiger partial charge >= 0.3 is 0 Å². The number of hydrogen-bond donors (Lipinski definition) is 0. The van der Waals surface area contributed by atoms with Crippen molar-refractivity contribution >= 4 is 18.9 Å². The molecule has 55 heavy (non-hydrogen) atoms. The first-order chi connectivity index (χ1) is 26.6. The number of allylic oxidation sites excluding steroid dienone is 2. The Kier molecular flexibility index (Phi) is 14.6. The zero-order valence-electron chi connectivity index (χ0n) is 35.4. The van der Waals surface area contributed by atoms with Gasteiger partial charge in [-0.15, -0.1) is 0 Å². The monoisotopic (exact) mass is 731 g/mol. The Morgan fingerprint density at radius 2 is 0.800 bits per heavy atom. The molecular formula is C54H71B. The maximum Gasteiger partial charge on any atom is 0.144 e. The molecule has 4 aromatic rings. The third kappa shape index (κ3) is 11.1. The van der Waals surface area contributed by atoms with Crippen LogP contribution in [0.4, 0.5) is 0 Å². The highest BCUT2D eigenvalue weighted by atomic mass is 14.5. The molecule has 0 nitrogen and oxygen atoms in total. The summed E-state index contributed by atoms with van der Waals surface area (Å²) in [6, 6.07) is 43.7. The Balaban J connectivity index is 0.000000203. The van der Waals surface area contributed by atoms with Crippen LogP contribution >= 0.6 is 0 Å². The molecule has 4 aliphatic carbocycles. The molecular weight excluding hydrogens is 659 g/mol. The van der Waals surface area contributed by atoms with Crippen LogP contribution < -0.4 is 0 Å². The number of benzene rings is 4. The first-order valence-corrected chi connectivity index (χ1v) is 22.1. The zero-order chi connectivity index (χ0) is 38.8. The number of rotatable bonds is 7. The van der Waals surface area contributed by atoms with Crippen LogP contribution in [0.25, 0.3) is 12.2 Å². The van der Waals surface area contributed by atoms with E-state index in [-0.39, 0.29) is 0 Å². The lowest BCUT2D eigenvalue weighted by Crippen LogP contribution is -2.37. The highest BCUT2D eigenvalue weighted by molar-refractivity contribution is 6.61. The molecule has 0 spiro atoms. The lowest BCUT2D eigenvalue weighted by atomic mass is 9.29. The van der Waals surface area contributed by atoms with Crippen LogP contribution in [0.3, 0.4) is 0 Å². The fourth-order valence-electron chi connectivity index (χ4n) is 12.0. The summed E-state index contributed by atoms with van der Waals surface area (Å²) in [7, 11) is 0. The van der Waals surface area contributed by atoms with Gasteiger partial charge in [-0.25, -0.2) is 0 Å². The molecule has 290 valence electrons. The fourth-order valence-corrected chi connectivity index (χ4v) is 12.0. The van der Waals surface area contributed by atoms with Crippen molar-refractivity contribution in [2.75, 3.05) is 0 Å². The van der Waals surface area contributed by atoms with Gasteiger partial charge in [0.05, 0.1) is 0 Å². The van der Waals surface area contributed by atoms with Gasteiger partial charge in [-0.3, -0.25) is 0 Å². The van der Waals surface area contributed by atoms with E-state index in [0.717, 1.165) is 65.7 Å². The maximum atomic E-state index is 2.71. The summed E-state index contributed by atoms with van der Waals surface area (Å²) in [5, 5.41) is 0. The minimum atomic E-state index is 0.500. The molecule has 0 amide bonds. The van der Waals surface area contributed by atoms with E-state index < -0.39 is 0 Å². The average Bonchev–Trinajstić information content (AvgIpc) is 3.72. The summed E-state index contributed by atoms with van der Waals surface area (Å²) >= 11 is 0. The van der Waals surface area contributed by atoms with Gasteiger partial charge in [0.25, 0.3) is 0 Å². The third-order valence-corrected chi connectivity index (χ3v) is 13.8. The van der Waals surface area contributed by atoms with Crippen molar-refractivity contribution < 1.29 is 0 Å². The summed E-state index contributed by atoms with van der Waals surface area (Å²) in [5.41, 5.74) is 6.20. The van der Waals surface area contributed by atoms with Crippen molar-refractivity contribution in [2.24, 2.45) is 40.9 Å². The molecule has 0 aliphatic heterocycles. The highest BCUT2D eigenvalue weighted by Gasteiger charge is 2.55. The molecule has 0 heterocycles. The van der Waals surface area contributed by atoms with Gasteiger partial charge in [-0.1, -0.05) is 231 Å². The highest BCUT2D eigenvalue weighted by Crippen LogP contribution is 2.64. The topological polar surface area (TPSA) is 0 Å². The van der Waals surface area contributed by atoms with Crippen molar-refractivity contribution in [1.82, 2.24) is 0 Å². The van der Waals surface area contributed by atoms with Crippen molar-refractivity contribution in [3.05, 3.63) is 156 Å². The predicted octanol–water partition coefficient (Wildman–Crippen LogP) is 15.8. The molecule has 0 radical (unpaired) electrons. The second kappa shape index (κ2) is 19.5. The van der Waals surface area contributed by atoms with E-state index in [4.69, 9.17) is 0 Å². The molecule has 0 N–H and O–H groups in total. The summed E-state index contributed by atoms with van der Waals surface area (Å²) in [6.07, 6.45) is 20.0. The minimum Gasteiger partial charge on any atom is -0.0856 e. The van der Waals surface area contributed by atoms with Crippen molar-refractivity contribution in [2.45, 2.75) is 123 Å². The van der Waals surface area contributed by atoms with Crippen molar-refractivity contribution in [3.8, 4) is 0 Å². The fraction of sp³-hybridized carbons (Fsp3) is 0.481. The van der Waals surface area contributed by atoms with Gasteiger partial charge in [0.15, 0.2) is 0 Å². The molecule has 4 fully saturated rings. The van der Waals surface area contributed by atoms with E-state index in [1.807, 2.05) is 36.4 Å². The molecule has 4 aromatic carbocycles. The van der Waals surface area contributed by atoms with E-state index in [2.05, 4.69) is 158 Å². The predicted molar refractivity (Wildman–Crippen MR) is 243 cm³/mol. The van der Waals surface area contributed by atoms with Gasteiger partial charge in [0, 0.05) is 0 Å². The van der Waals surface area contributed by atoms with Crippen LogP contribution in [0, 0.1) is 40.9 Å². The van der Waals surface area contributed by atoms with Crippen molar-refractivity contribution in [1.29, 1.82) is 0 Å². The van der Waals surface area contributed by atoms with E-state index in [1.54, 1.807) is 11.1 Å². The van der Waals surface area contributed by atoms with E-state index in [0.29, 0.717) is 5.41 Å². The summed E-state index contributed by atoms with van der Waals surface area (Å²) < 4.78 is 0. The van der Waals surface area contributed by atoms with Gasteiger partial charge in [0.2, 0.25) is 0 Å². The average molecular weight is 731 g/mol. The lowest BCUT2D eigenvalue weighted by Gasteiger charge is -2.42. The Labute approximate surface area is 337 Å². The smallest absolute Gasteiger partial charge is 0.0856 e. The van der Waals surface area contributed by atoms with E-state index in [9.17, 15) is 0 Å². The Hall–Kier alpha value is -3.58. The molecule has 0 bridgehead atoms. The molecule has 8 rings (SSSR count). The summed E-state index contributed by atoms with van der Waals surface area (Å²) in [5.74, 6) is 9.08. The second-order valence-corrected chi connectivity index (χ2v) is 19.5. The molecule has 4 saturated carbocycles. The molecule has 0 aromatic heterocycles. The van der Waals surface area contributed by atoms with Crippen LogP contribution in [0.5, 0.6) is 0 Å². The quantitative estimate of drug-likeness (QED) is 0.131. The maximum absolute atomic E-state index is 2.71. The normalized spacial score (nSPS) is 30.1. The van der Waals surface area contributed by atoms with Crippen molar-refractivity contribution in [3.63, 3.8) is 0 Å². The molecule has 10 atom stereocenters.